The highest BCUT2D eigenvalue weighted by molar-refractivity contribution is 5.32. The molecule has 2 heteroatoms. The topological polar surface area (TPSA) is 40.5 Å². The number of allylic oxidation sites excluding steroid dienone is 22. The molecule has 0 unspecified atom stereocenters. The van der Waals surface area contributed by atoms with Gasteiger partial charge < -0.3 is 10.2 Å². The highest BCUT2D eigenvalue weighted by Crippen LogP contribution is 2.16. The molecule has 42 heavy (non-hydrogen) atoms. The Kier molecular flexibility index (Phi) is 20.2. The van der Waals surface area contributed by atoms with Crippen LogP contribution in [0.1, 0.15) is 108 Å². The Hall–Kier alpha value is -2.94. The quantitative estimate of drug-likeness (QED) is 0.160. The second-order valence-corrected chi connectivity index (χ2v) is 12.8. The SMILES string of the molecule is CC(=C/C=C/C(C)=C/C=C/C(C)=C/C=C/C=C(C)/C=C/C=C(C)/C=C/C=C(\C)CCCC(C)(C)O)CCCC(C)(C)O. The van der Waals surface area contributed by atoms with Crippen molar-refractivity contribution >= 4 is 0 Å². The minimum absolute atomic E-state index is 0.579. The molecule has 0 aliphatic rings. The summed E-state index contributed by atoms with van der Waals surface area (Å²) in [4.78, 5) is 0. The van der Waals surface area contributed by atoms with E-state index < -0.39 is 11.2 Å². The summed E-state index contributed by atoms with van der Waals surface area (Å²) in [7, 11) is 0. The zero-order valence-electron chi connectivity index (χ0n) is 28.4. The zero-order valence-corrected chi connectivity index (χ0v) is 28.4. The smallest absolute Gasteiger partial charge is 0.0591 e. The average Bonchev–Trinajstić information content (AvgIpc) is 2.85. The summed E-state index contributed by atoms with van der Waals surface area (Å²) in [6.07, 6.45) is 39.4. The van der Waals surface area contributed by atoms with Gasteiger partial charge in [-0.3, -0.25) is 0 Å². The number of rotatable bonds is 18. The Morgan fingerprint density at radius 3 is 0.976 bits per heavy atom. The van der Waals surface area contributed by atoms with E-state index in [2.05, 4.69) is 139 Å². The van der Waals surface area contributed by atoms with Gasteiger partial charge in [-0.2, -0.15) is 0 Å². The summed E-state index contributed by atoms with van der Waals surface area (Å²) in [5.74, 6) is 0. The summed E-state index contributed by atoms with van der Waals surface area (Å²) in [6.45, 7) is 20.2. The lowest BCUT2D eigenvalue weighted by Gasteiger charge is -2.16. The van der Waals surface area contributed by atoms with Crippen LogP contribution in [0, 0.1) is 0 Å². The van der Waals surface area contributed by atoms with E-state index in [1.165, 1.54) is 33.4 Å². The molecule has 0 atom stereocenters. The molecular formula is C40H60O2. The van der Waals surface area contributed by atoms with E-state index in [-0.39, 0.29) is 0 Å². The van der Waals surface area contributed by atoms with E-state index in [4.69, 9.17) is 0 Å². The van der Waals surface area contributed by atoms with Gasteiger partial charge in [0.15, 0.2) is 0 Å². The van der Waals surface area contributed by atoms with Crippen molar-refractivity contribution < 1.29 is 10.2 Å². The summed E-state index contributed by atoms with van der Waals surface area (Å²) in [5, 5.41) is 19.6. The number of aliphatic hydroxyl groups is 2. The van der Waals surface area contributed by atoms with E-state index in [1.807, 2.05) is 27.7 Å². The van der Waals surface area contributed by atoms with Crippen LogP contribution in [0.5, 0.6) is 0 Å². The average molecular weight is 573 g/mol. The van der Waals surface area contributed by atoms with E-state index in [0.717, 1.165) is 38.5 Å². The van der Waals surface area contributed by atoms with E-state index in [0.29, 0.717) is 0 Å². The Labute approximate surface area is 259 Å². The highest BCUT2D eigenvalue weighted by atomic mass is 16.3. The van der Waals surface area contributed by atoms with E-state index in [9.17, 15) is 10.2 Å². The van der Waals surface area contributed by atoms with Gasteiger partial charge in [0.2, 0.25) is 0 Å². The fraction of sp³-hybridized carbons (Fsp3) is 0.450. The largest absolute Gasteiger partial charge is 0.390 e. The van der Waals surface area contributed by atoms with Crippen molar-refractivity contribution in [2.45, 2.75) is 119 Å². The van der Waals surface area contributed by atoms with Gasteiger partial charge in [0.1, 0.15) is 0 Å². The standard InChI is InChI=1S/C40H60O2/c1-33(21-13-23-35(3)25-15-27-37(5)29-17-31-39(7,8)41)19-11-12-20-34(2)22-14-24-36(4)26-16-28-38(6)30-18-32-40(9,10)42/h11-16,19-28,41-42H,17-18,29-32H2,1-10H3/b12-11+,21-13+,22-14+,25-15+,26-16+,33-19+,34-20+,35-23+,36-24+,37-27+,38-28?. The van der Waals surface area contributed by atoms with Crippen molar-refractivity contribution in [1.82, 2.24) is 0 Å². The van der Waals surface area contributed by atoms with Crippen molar-refractivity contribution in [2.24, 2.45) is 0 Å². The molecule has 2 nitrogen and oxygen atoms in total. The van der Waals surface area contributed by atoms with Gasteiger partial charge in [-0.1, -0.05) is 131 Å². The summed E-state index contributed by atoms with van der Waals surface area (Å²) in [6, 6.07) is 0. The molecule has 0 aliphatic carbocycles. The predicted molar refractivity (Wildman–Crippen MR) is 189 cm³/mol. The van der Waals surface area contributed by atoms with Crippen LogP contribution in [0.2, 0.25) is 0 Å². The fourth-order valence-electron chi connectivity index (χ4n) is 3.83. The molecule has 0 spiro atoms. The molecule has 0 aromatic heterocycles. The molecule has 2 N–H and O–H groups in total. The lowest BCUT2D eigenvalue weighted by atomic mass is 9.99. The molecule has 232 valence electrons. The Morgan fingerprint density at radius 1 is 0.429 bits per heavy atom. The van der Waals surface area contributed by atoms with Crippen LogP contribution in [0.4, 0.5) is 0 Å². The van der Waals surface area contributed by atoms with Crippen molar-refractivity contribution in [3.05, 3.63) is 131 Å². The molecule has 0 heterocycles. The molecule has 0 saturated carbocycles. The van der Waals surface area contributed by atoms with Gasteiger partial charge in [0.25, 0.3) is 0 Å². The minimum atomic E-state index is -0.579. The number of hydrogen-bond donors (Lipinski definition) is 2. The van der Waals surface area contributed by atoms with Crippen LogP contribution in [-0.4, -0.2) is 21.4 Å². The third-order valence-electron chi connectivity index (χ3n) is 6.46. The van der Waals surface area contributed by atoms with Gasteiger partial charge >= 0.3 is 0 Å². The zero-order chi connectivity index (χ0) is 32.0. The summed E-state index contributed by atoms with van der Waals surface area (Å²) >= 11 is 0. The number of hydrogen-bond acceptors (Lipinski definition) is 2. The van der Waals surface area contributed by atoms with Gasteiger partial charge in [-0.05, 0) is 108 Å². The van der Waals surface area contributed by atoms with Crippen molar-refractivity contribution in [3.63, 3.8) is 0 Å². The van der Waals surface area contributed by atoms with Crippen LogP contribution in [-0.2, 0) is 0 Å². The van der Waals surface area contributed by atoms with Gasteiger partial charge in [-0.15, -0.1) is 0 Å². The first-order valence-electron chi connectivity index (χ1n) is 15.4. The normalized spacial score (nSPS) is 16.1. The van der Waals surface area contributed by atoms with Crippen LogP contribution in [0.3, 0.4) is 0 Å². The fourth-order valence-corrected chi connectivity index (χ4v) is 3.83. The maximum atomic E-state index is 9.82. The molecule has 0 aromatic rings. The molecule has 0 saturated heterocycles. The lowest BCUT2D eigenvalue weighted by molar-refractivity contribution is 0.0683. The highest BCUT2D eigenvalue weighted by Gasteiger charge is 2.11. The first kappa shape index (κ1) is 39.1. The molecule has 0 bridgehead atoms. The third-order valence-corrected chi connectivity index (χ3v) is 6.46. The predicted octanol–water partition coefficient (Wildman–Crippen LogP) is 11.3. The van der Waals surface area contributed by atoms with Gasteiger partial charge in [0.05, 0.1) is 11.2 Å². The van der Waals surface area contributed by atoms with Crippen LogP contribution < -0.4 is 0 Å². The monoisotopic (exact) mass is 572 g/mol. The third kappa shape index (κ3) is 27.2. The van der Waals surface area contributed by atoms with Crippen molar-refractivity contribution in [2.75, 3.05) is 0 Å². The van der Waals surface area contributed by atoms with Crippen LogP contribution >= 0.6 is 0 Å². The molecule has 0 rings (SSSR count). The second kappa shape index (κ2) is 21.7. The van der Waals surface area contributed by atoms with E-state index in [1.54, 1.807) is 0 Å². The maximum absolute atomic E-state index is 9.82. The first-order valence-corrected chi connectivity index (χ1v) is 15.4. The van der Waals surface area contributed by atoms with Crippen molar-refractivity contribution in [3.8, 4) is 0 Å². The molecule has 0 radical (unpaired) electrons. The Balaban J connectivity index is 4.67. The van der Waals surface area contributed by atoms with Gasteiger partial charge in [-0.25, -0.2) is 0 Å². The van der Waals surface area contributed by atoms with Crippen LogP contribution in [0.15, 0.2) is 131 Å². The van der Waals surface area contributed by atoms with Gasteiger partial charge in [0, 0.05) is 0 Å². The lowest BCUT2D eigenvalue weighted by Crippen LogP contribution is -2.17. The maximum Gasteiger partial charge on any atom is 0.0591 e. The second-order valence-electron chi connectivity index (χ2n) is 12.8. The molecular weight excluding hydrogens is 512 g/mol. The summed E-state index contributed by atoms with van der Waals surface area (Å²) in [5.41, 5.74) is 6.28. The molecule has 0 fully saturated rings. The first-order chi connectivity index (χ1) is 19.6. The van der Waals surface area contributed by atoms with Crippen LogP contribution in [0.25, 0.3) is 0 Å². The molecule has 0 aromatic carbocycles. The Bertz CT molecular complexity index is 1030. The summed E-state index contributed by atoms with van der Waals surface area (Å²) < 4.78 is 0. The molecule has 0 amide bonds. The Morgan fingerprint density at radius 2 is 0.690 bits per heavy atom. The molecule has 0 aliphatic heterocycles. The van der Waals surface area contributed by atoms with Crippen molar-refractivity contribution in [1.29, 1.82) is 0 Å². The minimum Gasteiger partial charge on any atom is -0.390 e. The van der Waals surface area contributed by atoms with E-state index >= 15 is 0 Å².